The zero-order chi connectivity index (χ0) is 17.9. The maximum atomic E-state index is 5.78. The van der Waals surface area contributed by atoms with Gasteiger partial charge in [-0.25, -0.2) is 4.98 Å². The second kappa shape index (κ2) is 12.6. The first-order chi connectivity index (χ1) is 12.2. The van der Waals surface area contributed by atoms with Crippen molar-refractivity contribution in [2.24, 2.45) is 4.99 Å². The van der Waals surface area contributed by atoms with Crippen LogP contribution in [0, 0.1) is 0 Å². The van der Waals surface area contributed by atoms with Crippen LogP contribution in [0.2, 0.25) is 5.15 Å². The molecule has 6 nitrogen and oxygen atoms in total. The third kappa shape index (κ3) is 8.09. The monoisotopic (exact) mass is 490 g/mol. The van der Waals surface area contributed by atoms with Crippen LogP contribution in [-0.2, 0) is 6.42 Å². The van der Waals surface area contributed by atoms with E-state index in [-0.39, 0.29) is 24.0 Å². The number of methoxy groups -OCH3 is 1. The van der Waals surface area contributed by atoms with Crippen LogP contribution in [0.15, 0.2) is 47.6 Å². The smallest absolute Gasteiger partial charge is 0.191 e. The lowest BCUT2D eigenvalue weighted by atomic mass is 10.2. The van der Waals surface area contributed by atoms with Crippen molar-refractivity contribution in [1.82, 2.24) is 15.6 Å². The molecule has 0 radical (unpaired) electrons. The zero-order valence-corrected chi connectivity index (χ0v) is 18.0. The van der Waals surface area contributed by atoms with Crippen LogP contribution in [-0.4, -0.2) is 44.8 Å². The third-order valence-corrected chi connectivity index (χ3v) is 3.66. The van der Waals surface area contributed by atoms with Gasteiger partial charge in [0.1, 0.15) is 23.3 Å². The molecule has 0 fully saturated rings. The molecule has 2 aromatic rings. The number of pyridine rings is 1. The quantitative estimate of drug-likeness (QED) is 0.196. The number of aliphatic imine (C=N–C) groups is 1. The molecule has 26 heavy (non-hydrogen) atoms. The molecule has 142 valence electrons. The summed E-state index contributed by atoms with van der Waals surface area (Å²) in [5.74, 6) is 2.35. The van der Waals surface area contributed by atoms with Crippen LogP contribution in [0.4, 0.5) is 0 Å². The van der Waals surface area contributed by atoms with Gasteiger partial charge in [-0.1, -0.05) is 17.7 Å². The number of hydrogen-bond donors (Lipinski definition) is 2. The first kappa shape index (κ1) is 22.3. The molecular formula is C18H24ClIN4O2. The fourth-order valence-corrected chi connectivity index (χ4v) is 2.22. The number of nitrogens with one attached hydrogen (secondary N) is 2. The highest BCUT2D eigenvalue weighted by Crippen LogP contribution is 2.16. The van der Waals surface area contributed by atoms with Gasteiger partial charge in [0.25, 0.3) is 0 Å². The zero-order valence-electron chi connectivity index (χ0n) is 14.9. The Morgan fingerprint density at radius 2 is 1.77 bits per heavy atom. The Morgan fingerprint density at radius 1 is 1.08 bits per heavy atom. The van der Waals surface area contributed by atoms with Crippen LogP contribution in [0.25, 0.3) is 0 Å². The van der Waals surface area contributed by atoms with E-state index in [2.05, 4.69) is 20.6 Å². The Balaban J connectivity index is 0.00000338. The van der Waals surface area contributed by atoms with Crippen molar-refractivity contribution in [2.45, 2.75) is 6.42 Å². The molecule has 0 saturated heterocycles. The minimum absolute atomic E-state index is 0. The van der Waals surface area contributed by atoms with Crippen molar-refractivity contribution in [2.75, 3.05) is 33.9 Å². The molecule has 2 N–H and O–H groups in total. The van der Waals surface area contributed by atoms with Crippen LogP contribution in [0.3, 0.4) is 0 Å². The Kier molecular flexibility index (Phi) is 10.8. The van der Waals surface area contributed by atoms with Gasteiger partial charge in [0.2, 0.25) is 0 Å². The van der Waals surface area contributed by atoms with Gasteiger partial charge < -0.3 is 20.1 Å². The topological polar surface area (TPSA) is 67.8 Å². The Labute approximate surface area is 176 Å². The first-order valence-corrected chi connectivity index (χ1v) is 8.41. The van der Waals surface area contributed by atoms with E-state index < -0.39 is 0 Å². The standard InChI is InChI=1S/C18H23ClN4O2.HI/c1-20-18(21-10-9-14-3-8-17(19)23-13-14)22-11-12-25-16-6-4-15(24-2)5-7-16;/h3-8,13H,9-12H2,1-2H3,(H2,20,21,22);1H. The number of halogens is 2. The maximum Gasteiger partial charge on any atom is 0.191 e. The number of rotatable bonds is 8. The molecule has 0 saturated carbocycles. The highest BCUT2D eigenvalue weighted by Gasteiger charge is 2.00. The van der Waals surface area contributed by atoms with Crippen LogP contribution in [0.5, 0.6) is 11.5 Å². The lowest BCUT2D eigenvalue weighted by Gasteiger charge is -2.12. The Morgan fingerprint density at radius 3 is 2.38 bits per heavy atom. The fraction of sp³-hybridized carbons (Fsp3) is 0.333. The van der Waals surface area contributed by atoms with E-state index in [9.17, 15) is 0 Å². The van der Waals surface area contributed by atoms with Gasteiger partial charge in [0, 0.05) is 19.8 Å². The number of benzene rings is 1. The molecule has 0 spiro atoms. The van der Waals surface area contributed by atoms with Gasteiger partial charge in [-0.2, -0.15) is 0 Å². The molecule has 0 unspecified atom stereocenters. The molecule has 0 aliphatic carbocycles. The molecule has 0 bridgehead atoms. The first-order valence-electron chi connectivity index (χ1n) is 8.03. The van der Waals surface area contributed by atoms with E-state index in [1.165, 1.54) is 0 Å². The lowest BCUT2D eigenvalue weighted by Crippen LogP contribution is -2.40. The van der Waals surface area contributed by atoms with E-state index in [0.29, 0.717) is 18.3 Å². The highest BCUT2D eigenvalue weighted by molar-refractivity contribution is 14.0. The molecule has 0 aliphatic rings. The molecule has 0 atom stereocenters. The summed E-state index contributed by atoms with van der Waals surface area (Å²) in [6.07, 6.45) is 2.62. The van der Waals surface area contributed by atoms with Crippen molar-refractivity contribution in [3.8, 4) is 11.5 Å². The van der Waals surface area contributed by atoms with Gasteiger partial charge in [0.15, 0.2) is 5.96 Å². The molecule has 1 heterocycles. The number of guanidine groups is 1. The summed E-state index contributed by atoms with van der Waals surface area (Å²) in [6, 6.07) is 11.3. The summed E-state index contributed by atoms with van der Waals surface area (Å²) < 4.78 is 10.8. The van der Waals surface area contributed by atoms with Crippen LogP contribution < -0.4 is 20.1 Å². The van der Waals surface area contributed by atoms with Crippen molar-refractivity contribution < 1.29 is 9.47 Å². The van der Waals surface area contributed by atoms with E-state index in [1.807, 2.05) is 30.3 Å². The van der Waals surface area contributed by atoms with Crippen molar-refractivity contribution in [3.05, 3.63) is 53.3 Å². The Hall–Kier alpha value is -1.74. The summed E-state index contributed by atoms with van der Waals surface area (Å²) in [5, 5.41) is 6.97. The summed E-state index contributed by atoms with van der Waals surface area (Å²) in [5.41, 5.74) is 1.12. The van der Waals surface area contributed by atoms with E-state index >= 15 is 0 Å². The maximum absolute atomic E-state index is 5.78. The predicted molar refractivity (Wildman–Crippen MR) is 116 cm³/mol. The minimum Gasteiger partial charge on any atom is -0.497 e. The van der Waals surface area contributed by atoms with Gasteiger partial charge in [0.05, 0.1) is 13.7 Å². The van der Waals surface area contributed by atoms with Gasteiger partial charge in [-0.15, -0.1) is 24.0 Å². The second-order valence-corrected chi connectivity index (χ2v) is 5.58. The average molecular weight is 491 g/mol. The minimum atomic E-state index is 0. The molecule has 8 heteroatoms. The number of ether oxygens (including phenoxy) is 2. The largest absolute Gasteiger partial charge is 0.497 e. The summed E-state index contributed by atoms with van der Waals surface area (Å²) in [6.45, 7) is 1.94. The number of nitrogens with zero attached hydrogens (tertiary/aromatic N) is 2. The highest BCUT2D eigenvalue weighted by atomic mass is 127. The molecule has 0 amide bonds. The van der Waals surface area contributed by atoms with E-state index in [4.69, 9.17) is 21.1 Å². The summed E-state index contributed by atoms with van der Waals surface area (Å²) >= 11 is 5.78. The van der Waals surface area contributed by atoms with Crippen molar-refractivity contribution >= 4 is 41.5 Å². The molecule has 1 aromatic carbocycles. The Bertz CT molecular complexity index is 666. The lowest BCUT2D eigenvalue weighted by molar-refractivity contribution is 0.321. The summed E-state index contributed by atoms with van der Waals surface area (Å²) in [7, 11) is 3.38. The van der Waals surface area contributed by atoms with E-state index in [0.717, 1.165) is 36.0 Å². The number of aromatic nitrogens is 1. The van der Waals surface area contributed by atoms with Crippen LogP contribution >= 0.6 is 35.6 Å². The molecule has 2 rings (SSSR count). The molecule has 1 aromatic heterocycles. The van der Waals surface area contributed by atoms with E-state index in [1.54, 1.807) is 26.4 Å². The van der Waals surface area contributed by atoms with Crippen molar-refractivity contribution in [1.29, 1.82) is 0 Å². The number of hydrogen-bond acceptors (Lipinski definition) is 4. The normalized spacial score (nSPS) is 10.7. The SMILES string of the molecule is CN=C(NCCOc1ccc(OC)cc1)NCCc1ccc(Cl)nc1.I. The van der Waals surface area contributed by atoms with Crippen LogP contribution in [0.1, 0.15) is 5.56 Å². The molecular weight excluding hydrogens is 467 g/mol. The second-order valence-electron chi connectivity index (χ2n) is 5.19. The van der Waals surface area contributed by atoms with Gasteiger partial charge >= 0.3 is 0 Å². The third-order valence-electron chi connectivity index (χ3n) is 3.44. The van der Waals surface area contributed by atoms with Gasteiger partial charge in [-0.05, 0) is 42.3 Å². The molecule has 0 aliphatic heterocycles. The average Bonchev–Trinajstić information content (AvgIpc) is 2.65. The van der Waals surface area contributed by atoms with Crippen molar-refractivity contribution in [3.63, 3.8) is 0 Å². The fourth-order valence-electron chi connectivity index (χ4n) is 2.11. The summed E-state index contributed by atoms with van der Waals surface area (Å²) in [4.78, 5) is 8.25. The predicted octanol–water partition coefficient (Wildman–Crippen LogP) is 3.15. The van der Waals surface area contributed by atoms with Gasteiger partial charge in [-0.3, -0.25) is 4.99 Å².